The van der Waals surface area contributed by atoms with Crippen molar-refractivity contribution in [1.29, 1.82) is 0 Å². The Bertz CT molecular complexity index is 2190. The van der Waals surface area contributed by atoms with E-state index in [1.807, 2.05) is 55.6 Å². The summed E-state index contributed by atoms with van der Waals surface area (Å²) in [7, 11) is 2.15. The molecule has 1 N–H and O–H groups in total. The molecular formula is C43H49ClN6O6S. The van der Waals surface area contributed by atoms with Crippen LogP contribution < -0.4 is 14.2 Å². The minimum Gasteiger partial charge on any atom is -0.491 e. The highest BCUT2D eigenvalue weighted by atomic mass is 35.5. The largest absolute Gasteiger partial charge is 0.491 e. The topological polar surface area (TPSA) is 132 Å². The highest BCUT2D eigenvalue weighted by Crippen LogP contribution is 2.48. The van der Waals surface area contributed by atoms with E-state index in [9.17, 15) is 9.90 Å². The van der Waals surface area contributed by atoms with Crippen LogP contribution in [0.1, 0.15) is 72.3 Å². The Kier molecular flexibility index (Phi) is 12.5. The first kappa shape index (κ1) is 39.4. The number of nitrogens with zero attached hydrogens (tertiary/aromatic N) is 6. The highest BCUT2D eigenvalue weighted by Gasteiger charge is 2.31. The molecule has 3 fully saturated rings. The maximum atomic E-state index is 12.9. The molecule has 3 aliphatic rings. The van der Waals surface area contributed by atoms with Gasteiger partial charge in [-0.05, 0) is 86.1 Å². The number of halogens is 1. The quantitative estimate of drug-likeness (QED) is 0.112. The fraction of sp³-hybridized carbons (Fsp3) is 0.465. The van der Waals surface area contributed by atoms with Crippen molar-refractivity contribution in [2.75, 3.05) is 59.6 Å². The fourth-order valence-electron chi connectivity index (χ4n) is 7.79. The van der Waals surface area contributed by atoms with Crippen molar-refractivity contribution < 1.29 is 28.8 Å². The molecule has 2 aromatic carbocycles. The molecule has 57 heavy (non-hydrogen) atoms. The number of piperazine rings is 1. The van der Waals surface area contributed by atoms with Gasteiger partial charge in [-0.15, -0.1) is 0 Å². The van der Waals surface area contributed by atoms with Crippen LogP contribution in [0.3, 0.4) is 0 Å². The van der Waals surface area contributed by atoms with E-state index in [1.165, 1.54) is 11.5 Å². The Labute approximate surface area is 342 Å². The van der Waals surface area contributed by atoms with Crippen LogP contribution in [0.5, 0.6) is 17.4 Å². The zero-order valence-corrected chi connectivity index (χ0v) is 34.1. The molecule has 0 amide bonds. The average molecular weight is 813 g/mol. The monoisotopic (exact) mass is 812 g/mol. The molecule has 5 aromatic rings. The van der Waals surface area contributed by atoms with Crippen molar-refractivity contribution in [3.05, 3.63) is 88.2 Å². The molecule has 0 bridgehead atoms. The van der Waals surface area contributed by atoms with Gasteiger partial charge in [0.05, 0.1) is 26.5 Å². The highest BCUT2D eigenvalue weighted by molar-refractivity contribution is 7.13. The lowest BCUT2D eigenvalue weighted by atomic mass is 9.79. The molecule has 5 heterocycles. The summed E-state index contributed by atoms with van der Waals surface area (Å²) in [6, 6.07) is 13.3. The molecule has 0 spiro atoms. The predicted molar refractivity (Wildman–Crippen MR) is 220 cm³/mol. The maximum absolute atomic E-state index is 12.9. The second-order valence-corrected chi connectivity index (χ2v) is 16.4. The molecule has 1 aliphatic carbocycles. The lowest BCUT2D eigenvalue weighted by molar-refractivity contribution is -0.145. The first-order valence-electron chi connectivity index (χ1n) is 19.9. The molecule has 1 saturated carbocycles. The number of fused-ring (bicyclic) bond motifs is 1. The third-order valence-corrected chi connectivity index (χ3v) is 12.7. The number of carboxylic acids is 1. The van der Waals surface area contributed by atoms with E-state index in [1.54, 1.807) is 6.20 Å². The molecule has 2 saturated heterocycles. The van der Waals surface area contributed by atoms with E-state index in [0.717, 1.165) is 109 Å². The third kappa shape index (κ3) is 9.02. The number of rotatable bonds is 15. The second-order valence-electron chi connectivity index (χ2n) is 15.3. The van der Waals surface area contributed by atoms with Gasteiger partial charge in [-0.3, -0.25) is 9.88 Å². The zero-order valence-electron chi connectivity index (χ0n) is 32.5. The summed E-state index contributed by atoms with van der Waals surface area (Å²) in [5.74, 6) is 1.71. The lowest BCUT2D eigenvalue weighted by Gasteiger charge is -2.32. The number of carbonyl (C=O) groups is 1. The Balaban J connectivity index is 1.03. The van der Waals surface area contributed by atoms with Gasteiger partial charge >= 0.3 is 5.97 Å². The standard InChI is InChI=1S/C43H49ClN6O6S/c1-27-32(10-11-34(39(27)44)54-23-20-50-18-16-49(2)17-19-50)37-38-36(25-46-40(37)28-7-5-8-28)57-48-42(38)56-35(43(51)52)24-30-6-3-4-9-33(30)55-26-31-12-15-45-41(47-31)29-13-21-53-22-14-29/h3-4,6,9-12,15,25,28-29,35H,5,7-8,13-14,16-24,26H2,1-2H3,(H,51,52). The second kappa shape index (κ2) is 18.0. The van der Waals surface area contributed by atoms with Crippen LogP contribution in [0.15, 0.2) is 54.9 Å². The number of aromatic nitrogens is 4. The van der Waals surface area contributed by atoms with Crippen LogP contribution in [0.25, 0.3) is 21.2 Å². The van der Waals surface area contributed by atoms with Crippen LogP contribution in [0, 0.1) is 6.92 Å². The number of ether oxygens (including phenoxy) is 4. The van der Waals surface area contributed by atoms with E-state index >= 15 is 0 Å². The molecule has 1 unspecified atom stereocenters. The van der Waals surface area contributed by atoms with E-state index in [2.05, 4.69) is 21.8 Å². The summed E-state index contributed by atoms with van der Waals surface area (Å²) in [6.45, 7) is 9.17. The summed E-state index contributed by atoms with van der Waals surface area (Å²) < 4.78 is 29.9. The summed E-state index contributed by atoms with van der Waals surface area (Å²) >= 11 is 8.31. The third-order valence-electron chi connectivity index (χ3n) is 11.5. The molecule has 14 heteroatoms. The van der Waals surface area contributed by atoms with Gasteiger partial charge in [0, 0.05) is 82.2 Å². The lowest BCUT2D eigenvalue weighted by Crippen LogP contribution is -2.45. The van der Waals surface area contributed by atoms with Crippen LogP contribution in [-0.4, -0.2) is 106 Å². The number of hydrogen-bond donors (Lipinski definition) is 1. The Morgan fingerprint density at radius 2 is 1.81 bits per heavy atom. The number of likely N-dealkylation sites (N-methyl/N-ethyl adjacent to an activating group) is 1. The maximum Gasteiger partial charge on any atom is 0.345 e. The van der Waals surface area contributed by atoms with E-state index in [4.69, 9.17) is 44.9 Å². The van der Waals surface area contributed by atoms with E-state index in [0.29, 0.717) is 41.9 Å². The SMILES string of the molecule is Cc1c(-c2c(C3CCC3)ncc3snc(OC(Cc4ccccc4OCc4ccnc(C5CCOCC5)n4)C(=O)O)c23)ccc(OCCN2CCN(C)CC2)c1Cl. The van der Waals surface area contributed by atoms with E-state index < -0.39 is 12.1 Å². The van der Waals surface area contributed by atoms with Crippen LogP contribution in [-0.2, 0) is 22.6 Å². The number of benzene rings is 2. The van der Waals surface area contributed by atoms with Gasteiger partial charge in [-0.2, -0.15) is 4.37 Å². The van der Waals surface area contributed by atoms with Crippen molar-refractivity contribution in [2.24, 2.45) is 0 Å². The Morgan fingerprint density at radius 1 is 1.00 bits per heavy atom. The fourth-order valence-corrected chi connectivity index (χ4v) is 8.71. The summed E-state index contributed by atoms with van der Waals surface area (Å²) in [4.78, 5) is 31.9. The number of pyridine rings is 1. The van der Waals surface area contributed by atoms with Gasteiger partial charge in [-0.25, -0.2) is 14.8 Å². The number of hydrogen-bond acceptors (Lipinski definition) is 12. The molecule has 1 atom stereocenters. The number of carboxylic acid groups (broad SMARTS) is 1. The molecule has 2 aliphatic heterocycles. The first-order chi connectivity index (χ1) is 27.8. The Hall–Kier alpha value is -4.40. The van der Waals surface area contributed by atoms with Gasteiger partial charge in [0.2, 0.25) is 12.0 Å². The molecule has 0 radical (unpaired) electrons. The van der Waals surface area contributed by atoms with Crippen molar-refractivity contribution in [2.45, 2.75) is 70.0 Å². The summed E-state index contributed by atoms with van der Waals surface area (Å²) in [5.41, 5.74) is 5.08. The predicted octanol–water partition coefficient (Wildman–Crippen LogP) is 7.55. The summed E-state index contributed by atoms with van der Waals surface area (Å²) in [5, 5.41) is 11.8. The zero-order chi connectivity index (χ0) is 39.3. The Morgan fingerprint density at radius 3 is 2.58 bits per heavy atom. The molecule has 12 nitrogen and oxygen atoms in total. The van der Waals surface area contributed by atoms with Gasteiger partial charge < -0.3 is 29.0 Å². The normalized spacial score (nSPS) is 17.7. The van der Waals surface area contributed by atoms with Gasteiger partial charge in [0.1, 0.15) is 30.5 Å². The first-order valence-corrected chi connectivity index (χ1v) is 21.1. The molecular weight excluding hydrogens is 764 g/mol. The van der Waals surface area contributed by atoms with E-state index in [-0.39, 0.29) is 30.7 Å². The van der Waals surface area contributed by atoms with Crippen LogP contribution in [0.4, 0.5) is 0 Å². The van der Waals surface area contributed by atoms with Crippen LogP contribution in [0.2, 0.25) is 5.02 Å². The van der Waals surface area contributed by atoms with Crippen molar-refractivity contribution in [3.8, 4) is 28.5 Å². The van der Waals surface area contributed by atoms with Crippen molar-refractivity contribution in [3.63, 3.8) is 0 Å². The number of aliphatic carboxylic acids is 1. The van der Waals surface area contributed by atoms with Gasteiger partial charge in [0.25, 0.3) is 0 Å². The minimum absolute atomic E-state index is 0.0581. The van der Waals surface area contributed by atoms with Crippen molar-refractivity contribution >= 4 is 39.2 Å². The average Bonchev–Trinajstić information content (AvgIpc) is 3.62. The molecule has 8 rings (SSSR count). The molecule has 3 aromatic heterocycles. The smallest absolute Gasteiger partial charge is 0.345 e. The van der Waals surface area contributed by atoms with Gasteiger partial charge in [-0.1, -0.05) is 42.3 Å². The van der Waals surface area contributed by atoms with Crippen molar-refractivity contribution in [1.82, 2.24) is 29.1 Å². The van der Waals surface area contributed by atoms with Crippen LogP contribution >= 0.6 is 23.1 Å². The number of para-hydroxylation sites is 1. The summed E-state index contributed by atoms with van der Waals surface area (Å²) in [6.07, 6.45) is 7.39. The van der Waals surface area contributed by atoms with Gasteiger partial charge in [0.15, 0.2) is 0 Å². The minimum atomic E-state index is -1.24. The molecule has 300 valence electrons.